The molecule has 0 amide bonds. The smallest absolute Gasteiger partial charge is 0.134 e. The number of nitrogens with zero attached hydrogens (tertiary/aromatic N) is 5. The first-order valence-corrected chi connectivity index (χ1v) is 8.23. The zero-order chi connectivity index (χ0) is 14.5. The van der Waals surface area contributed by atoms with Crippen LogP contribution in [-0.4, -0.2) is 46.6 Å². The minimum atomic E-state index is 0.814. The molecule has 6 heteroatoms. The van der Waals surface area contributed by atoms with E-state index in [1.165, 1.54) is 17.1 Å². The number of anilines is 2. The van der Waals surface area contributed by atoms with E-state index in [2.05, 4.69) is 37.9 Å². The molecule has 0 atom stereocenters. The van der Waals surface area contributed by atoms with Crippen molar-refractivity contribution in [1.82, 2.24) is 15.0 Å². The summed E-state index contributed by atoms with van der Waals surface area (Å²) >= 11 is 2.00. The Balaban J connectivity index is 1.72. The molecule has 0 N–H and O–H groups in total. The molecule has 1 fully saturated rings. The van der Waals surface area contributed by atoms with Gasteiger partial charge in [0.05, 0.1) is 0 Å². The third-order valence-electron chi connectivity index (χ3n) is 3.53. The molecule has 0 aromatic carbocycles. The van der Waals surface area contributed by atoms with Crippen LogP contribution in [0, 0.1) is 0 Å². The Bertz CT molecular complexity index is 571. The van der Waals surface area contributed by atoms with E-state index in [1.54, 1.807) is 6.33 Å². The molecular formula is C15H19N5S. The Kier molecular flexibility index (Phi) is 4.55. The summed E-state index contributed by atoms with van der Waals surface area (Å²) in [6.07, 6.45) is 5.30. The van der Waals surface area contributed by atoms with E-state index in [-0.39, 0.29) is 0 Å². The van der Waals surface area contributed by atoms with Crippen LogP contribution in [0.4, 0.5) is 11.6 Å². The largest absolute Gasteiger partial charge is 0.355 e. The van der Waals surface area contributed by atoms with E-state index in [0.717, 1.165) is 31.3 Å². The van der Waals surface area contributed by atoms with E-state index >= 15 is 0 Å². The molecule has 2 aromatic rings. The minimum absolute atomic E-state index is 0.814. The number of thioether (sulfide) groups is 1. The molecule has 0 bridgehead atoms. The van der Waals surface area contributed by atoms with Crippen LogP contribution in [-0.2, 0) is 6.54 Å². The van der Waals surface area contributed by atoms with Crippen molar-refractivity contribution in [1.29, 1.82) is 0 Å². The molecule has 0 spiro atoms. The summed E-state index contributed by atoms with van der Waals surface area (Å²) in [6.45, 7) is 2.94. The van der Waals surface area contributed by atoms with Gasteiger partial charge in [-0.1, -0.05) is 0 Å². The molecule has 0 saturated carbocycles. The predicted octanol–water partition coefficient (Wildman–Crippen LogP) is 2.06. The first-order valence-electron chi connectivity index (χ1n) is 7.08. The molecule has 21 heavy (non-hydrogen) atoms. The van der Waals surface area contributed by atoms with Crippen LogP contribution in [0.3, 0.4) is 0 Å². The molecule has 2 aromatic heterocycles. The van der Waals surface area contributed by atoms with Crippen LogP contribution >= 0.6 is 11.8 Å². The Morgan fingerprint density at radius 1 is 1.19 bits per heavy atom. The average molecular weight is 301 g/mol. The van der Waals surface area contributed by atoms with Gasteiger partial charge in [0.15, 0.2) is 0 Å². The minimum Gasteiger partial charge on any atom is -0.355 e. The van der Waals surface area contributed by atoms with Crippen LogP contribution in [0.2, 0.25) is 0 Å². The molecule has 110 valence electrons. The number of aromatic nitrogens is 3. The summed E-state index contributed by atoms with van der Waals surface area (Å²) in [5.74, 6) is 4.33. The maximum absolute atomic E-state index is 4.42. The second-order valence-electron chi connectivity index (χ2n) is 5.05. The van der Waals surface area contributed by atoms with E-state index in [9.17, 15) is 0 Å². The van der Waals surface area contributed by atoms with Crippen molar-refractivity contribution in [3.8, 4) is 0 Å². The lowest BCUT2D eigenvalue weighted by Gasteiger charge is -2.28. The molecular weight excluding hydrogens is 282 g/mol. The van der Waals surface area contributed by atoms with Gasteiger partial charge in [0.2, 0.25) is 0 Å². The van der Waals surface area contributed by atoms with Crippen molar-refractivity contribution in [3.05, 3.63) is 42.5 Å². The lowest BCUT2D eigenvalue weighted by molar-refractivity contribution is 0.826. The Morgan fingerprint density at radius 3 is 2.71 bits per heavy atom. The maximum atomic E-state index is 4.42. The van der Waals surface area contributed by atoms with Crippen molar-refractivity contribution in [2.45, 2.75) is 6.54 Å². The number of hydrogen-bond donors (Lipinski definition) is 0. The van der Waals surface area contributed by atoms with Crippen LogP contribution in [0.5, 0.6) is 0 Å². The second kappa shape index (κ2) is 6.76. The Hall–Kier alpha value is -1.82. The van der Waals surface area contributed by atoms with E-state index in [0.29, 0.717) is 0 Å². The van der Waals surface area contributed by atoms with Gasteiger partial charge in [-0.25, -0.2) is 9.97 Å². The highest BCUT2D eigenvalue weighted by Gasteiger charge is 2.14. The maximum Gasteiger partial charge on any atom is 0.134 e. The van der Waals surface area contributed by atoms with Gasteiger partial charge in [0.25, 0.3) is 0 Å². The summed E-state index contributed by atoms with van der Waals surface area (Å²) < 4.78 is 0. The van der Waals surface area contributed by atoms with E-state index in [4.69, 9.17) is 0 Å². The molecule has 0 radical (unpaired) electrons. The zero-order valence-corrected chi connectivity index (χ0v) is 13.0. The van der Waals surface area contributed by atoms with Gasteiger partial charge in [-0.3, -0.25) is 4.98 Å². The van der Waals surface area contributed by atoms with E-state index in [1.807, 2.05) is 36.3 Å². The first kappa shape index (κ1) is 14.1. The summed E-state index contributed by atoms with van der Waals surface area (Å²) in [4.78, 5) is 17.3. The topological polar surface area (TPSA) is 45.2 Å². The highest BCUT2D eigenvalue weighted by Crippen LogP contribution is 2.21. The lowest BCUT2D eigenvalue weighted by Crippen LogP contribution is -2.33. The molecule has 0 unspecified atom stereocenters. The highest BCUT2D eigenvalue weighted by atomic mass is 32.2. The van der Waals surface area contributed by atoms with Crippen LogP contribution in [0.1, 0.15) is 5.56 Å². The monoisotopic (exact) mass is 301 g/mol. The van der Waals surface area contributed by atoms with Gasteiger partial charge in [0.1, 0.15) is 18.0 Å². The Morgan fingerprint density at radius 2 is 1.95 bits per heavy atom. The van der Waals surface area contributed by atoms with Crippen molar-refractivity contribution in [2.75, 3.05) is 41.4 Å². The molecule has 3 heterocycles. The standard InChI is InChI=1S/C15H19N5S/c1-19(11-13-2-4-16-5-3-13)14-10-15(18-12-17-14)20-6-8-21-9-7-20/h2-5,10,12H,6-9,11H2,1H3. The molecule has 1 saturated heterocycles. The van der Waals surface area contributed by atoms with Gasteiger partial charge in [-0.15, -0.1) is 0 Å². The van der Waals surface area contributed by atoms with Gasteiger partial charge in [-0.2, -0.15) is 11.8 Å². The van der Waals surface area contributed by atoms with Gasteiger partial charge >= 0.3 is 0 Å². The van der Waals surface area contributed by atoms with Crippen molar-refractivity contribution in [2.24, 2.45) is 0 Å². The number of rotatable bonds is 4. The van der Waals surface area contributed by atoms with Crippen molar-refractivity contribution >= 4 is 23.4 Å². The van der Waals surface area contributed by atoms with Gasteiger partial charge in [0, 0.05) is 56.6 Å². The van der Waals surface area contributed by atoms with Crippen molar-refractivity contribution in [3.63, 3.8) is 0 Å². The predicted molar refractivity (Wildman–Crippen MR) is 87.9 cm³/mol. The quantitative estimate of drug-likeness (QED) is 0.861. The fraction of sp³-hybridized carbons (Fsp3) is 0.400. The molecule has 1 aliphatic rings. The molecule has 5 nitrogen and oxygen atoms in total. The molecule has 1 aliphatic heterocycles. The van der Waals surface area contributed by atoms with Crippen LogP contribution in [0.15, 0.2) is 36.9 Å². The Labute approximate surface area is 129 Å². The summed E-state index contributed by atoms with van der Waals surface area (Å²) in [7, 11) is 2.05. The SMILES string of the molecule is CN(Cc1ccncc1)c1cc(N2CCSCC2)ncn1. The van der Waals surface area contributed by atoms with Crippen molar-refractivity contribution < 1.29 is 0 Å². The number of hydrogen-bond acceptors (Lipinski definition) is 6. The summed E-state index contributed by atoms with van der Waals surface area (Å²) in [5.41, 5.74) is 1.22. The molecule has 0 aliphatic carbocycles. The van der Waals surface area contributed by atoms with E-state index < -0.39 is 0 Å². The third kappa shape index (κ3) is 3.64. The van der Waals surface area contributed by atoms with Crippen LogP contribution in [0.25, 0.3) is 0 Å². The highest BCUT2D eigenvalue weighted by molar-refractivity contribution is 7.99. The average Bonchev–Trinajstić information content (AvgIpc) is 2.57. The zero-order valence-electron chi connectivity index (χ0n) is 12.1. The fourth-order valence-corrected chi connectivity index (χ4v) is 3.26. The van der Waals surface area contributed by atoms with Gasteiger partial charge in [-0.05, 0) is 17.7 Å². The summed E-state index contributed by atoms with van der Waals surface area (Å²) in [5, 5.41) is 0. The molecule has 3 rings (SSSR count). The van der Waals surface area contributed by atoms with Crippen LogP contribution < -0.4 is 9.80 Å². The lowest BCUT2D eigenvalue weighted by atomic mass is 10.2. The first-order chi connectivity index (χ1) is 10.3. The third-order valence-corrected chi connectivity index (χ3v) is 4.48. The fourth-order valence-electron chi connectivity index (χ4n) is 2.35. The van der Waals surface area contributed by atoms with Gasteiger partial charge < -0.3 is 9.80 Å². The normalized spacial score (nSPS) is 15.0. The summed E-state index contributed by atoms with van der Waals surface area (Å²) in [6, 6.07) is 6.14. The second-order valence-corrected chi connectivity index (χ2v) is 6.27. The number of pyridine rings is 1.